The fraction of sp³-hybridized carbons (Fsp3) is 0.0714. The topological polar surface area (TPSA) is 87.2 Å². The molecule has 2 aromatic carbocycles. The number of nitriles is 1. The number of benzene rings is 2. The first-order valence-corrected chi connectivity index (χ1v) is 6.52. The molecule has 0 saturated heterocycles. The number of nitrogens with zero attached hydrogens (tertiary/aromatic N) is 2. The second-order valence-electron chi connectivity index (χ2n) is 3.95. The fourth-order valence-electron chi connectivity index (χ4n) is 1.63. The van der Waals surface area contributed by atoms with E-state index in [4.69, 9.17) is 10.4 Å². The molecule has 100 valence electrons. The Morgan fingerprint density at radius 2 is 1.85 bits per heavy atom. The molecule has 0 aliphatic rings. The second-order valence-corrected chi connectivity index (χ2v) is 5.10. The van der Waals surface area contributed by atoms with Gasteiger partial charge >= 0.3 is 0 Å². The summed E-state index contributed by atoms with van der Waals surface area (Å²) in [6, 6.07) is 13.6. The van der Waals surface area contributed by atoms with Crippen molar-refractivity contribution in [1.29, 1.82) is 5.26 Å². The molecule has 0 spiro atoms. The summed E-state index contributed by atoms with van der Waals surface area (Å²) >= 11 is 1.40. The molecular weight excluding hydrogens is 276 g/mol. The zero-order chi connectivity index (χ0) is 14.5. The zero-order valence-electron chi connectivity index (χ0n) is 10.3. The maximum atomic E-state index is 10.7. The molecule has 20 heavy (non-hydrogen) atoms. The molecule has 6 heteroatoms. The predicted molar refractivity (Wildman–Crippen MR) is 74.3 cm³/mol. The summed E-state index contributed by atoms with van der Waals surface area (Å²) in [5, 5.41) is 28.6. The molecule has 0 unspecified atom stereocenters. The first-order chi connectivity index (χ1) is 9.63. The van der Waals surface area contributed by atoms with Gasteiger partial charge in [0, 0.05) is 15.9 Å². The number of aliphatic hydroxyl groups excluding tert-OH is 1. The third kappa shape index (κ3) is 3.15. The van der Waals surface area contributed by atoms with E-state index in [2.05, 4.69) is 0 Å². The van der Waals surface area contributed by atoms with Gasteiger partial charge in [0.2, 0.25) is 0 Å². The van der Waals surface area contributed by atoms with E-state index in [1.807, 2.05) is 18.2 Å². The summed E-state index contributed by atoms with van der Waals surface area (Å²) in [5.41, 5.74) is 0.676. The highest BCUT2D eigenvalue weighted by molar-refractivity contribution is 7.99. The van der Waals surface area contributed by atoms with Gasteiger partial charge in [0.1, 0.15) is 11.6 Å². The van der Waals surface area contributed by atoms with Crippen molar-refractivity contribution >= 4 is 17.4 Å². The van der Waals surface area contributed by atoms with E-state index in [1.54, 1.807) is 18.2 Å². The number of rotatable bonds is 4. The van der Waals surface area contributed by atoms with Crippen molar-refractivity contribution in [3.63, 3.8) is 0 Å². The van der Waals surface area contributed by atoms with Gasteiger partial charge in [-0.3, -0.25) is 10.1 Å². The van der Waals surface area contributed by atoms with Crippen molar-refractivity contribution in [3.05, 3.63) is 63.7 Å². The fourth-order valence-corrected chi connectivity index (χ4v) is 2.48. The molecule has 0 atom stereocenters. The lowest BCUT2D eigenvalue weighted by atomic mass is 10.2. The third-order valence-corrected chi connectivity index (χ3v) is 3.62. The van der Waals surface area contributed by atoms with E-state index >= 15 is 0 Å². The first-order valence-electron chi connectivity index (χ1n) is 5.70. The largest absolute Gasteiger partial charge is 0.392 e. The van der Waals surface area contributed by atoms with Crippen LogP contribution in [0.25, 0.3) is 0 Å². The van der Waals surface area contributed by atoms with Crippen molar-refractivity contribution in [2.75, 3.05) is 0 Å². The monoisotopic (exact) mass is 286 g/mol. The van der Waals surface area contributed by atoms with Crippen LogP contribution in [0.2, 0.25) is 0 Å². The molecule has 0 saturated carbocycles. The van der Waals surface area contributed by atoms with E-state index in [0.717, 1.165) is 15.4 Å². The number of nitro groups is 1. The van der Waals surface area contributed by atoms with E-state index < -0.39 is 4.92 Å². The SMILES string of the molecule is N#Cc1cc(Sc2ccc(CO)cc2)ccc1[N+](=O)[O-]. The number of aliphatic hydroxyl groups is 1. The van der Waals surface area contributed by atoms with Crippen molar-refractivity contribution in [2.24, 2.45) is 0 Å². The van der Waals surface area contributed by atoms with Crippen LogP contribution in [0.3, 0.4) is 0 Å². The van der Waals surface area contributed by atoms with Crippen LogP contribution in [0.4, 0.5) is 5.69 Å². The molecule has 0 heterocycles. The molecule has 0 aliphatic carbocycles. The van der Waals surface area contributed by atoms with Gasteiger partial charge in [-0.1, -0.05) is 23.9 Å². The molecule has 0 aromatic heterocycles. The minimum absolute atomic E-state index is 0.0128. The molecule has 0 radical (unpaired) electrons. The lowest BCUT2D eigenvalue weighted by Gasteiger charge is -2.03. The van der Waals surface area contributed by atoms with E-state index in [-0.39, 0.29) is 17.9 Å². The highest BCUT2D eigenvalue weighted by Gasteiger charge is 2.14. The van der Waals surface area contributed by atoms with Crippen molar-refractivity contribution < 1.29 is 10.0 Å². The molecule has 5 nitrogen and oxygen atoms in total. The highest BCUT2D eigenvalue weighted by Crippen LogP contribution is 2.31. The maximum absolute atomic E-state index is 10.7. The minimum atomic E-state index is -0.566. The Balaban J connectivity index is 2.25. The summed E-state index contributed by atoms with van der Waals surface area (Å²) in [6.45, 7) is -0.0128. The van der Waals surface area contributed by atoms with Crippen LogP contribution in [0.1, 0.15) is 11.1 Å². The number of hydrogen-bond donors (Lipinski definition) is 1. The molecule has 0 aliphatic heterocycles. The van der Waals surface area contributed by atoms with Gasteiger partial charge in [0.15, 0.2) is 0 Å². The quantitative estimate of drug-likeness (QED) is 0.689. The Bertz CT molecular complexity index is 678. The Morgan fingerprint density at radius 1 is 1.20 bits per heavy atom. The van der Waals surface area contributed by atoms with Gasteiger partial charge in [0.25, 0.3) is 5.69 Å². The Labute approximate surface area is 119 Å². The minimum Gasteiger partial charge on any atom is -0.392 e. The van der Waals surface area contributed by atoms with Crippen LogP contribution in [-0.2, 0) is 6.61 Å². The third-order valence-electron chi connectivity index (χ3n) is 2.63. The van der Waals surface area contributed by atoms with Crippen LogP contribution in [0.5, 0.6) is 0 Å². The standard InChI is InChI=1S/C14H10N2O3S/c15-8-11-7-13(5-6-14(11)16(18)19)20-12-3-1-10(9-17)2-4-12/h1-7,17H,9H2. The van der Waals surface area contributed by atoms with Crippen LogP contribution in [-0.4, -0.2) is 10.0 Å². The Hall–Kier alpha value is -2.36. The van der Waals surface area contributed by atoms with Crippen LogP contribution < -0.4 is 0 Å². The predicted octanol–water partition coefficient (Wildman–Crippen LogP) is 3.11. The number of nitro benzene ring substituents is 1. The zero-order valence-corrected chi connectivity index (χ0v) is 11.1. The van der Waals surface area contributed by atoms with Gasteiger partial charge < -0.3 is 5.11 Å². The van der Waals surface area contributed by atoms with Gasteiger partial charge in [-0.15, -0.1) is 0 Å². The van der Waals surface area contributed by atoms with Crippen LogP contribution in [0.15, 0.2) is 52.3 Å². The summed E-state index contributed by atoms with van der Waals surface area (Å²) in [4.78, 5) is 11.9. The van der Waals surface area contributed by atoms with Gasteiger partial charge in [-0.2, -0.15) is 5.26 Å². The first kappa shape index (κ1) is 14.1. The van der Waals surface area contributed by atoms with E-state index in [0.29, 0.717) is 0 Å². The molecule has 0 bridgehead atoms. The summed E-state index contributed by atoms with van der Waals surface area (Å²) in [6.07, 6.45) is 0. The van der Waals surface area contributed by atoms with Crippen molar-refractivity contribution in [2.45, 2.75) is 16.4 Å². The second kappa shape index (κ2) is 6.19. The average molecular weight is 286 g/mol. The molecule has 2 rings (SSSR count). The number of hydrogen-bond acceptors (Lipinski definition) is 5. The Kier molecular flexibility index (Phi) is 4.35. The average Bonchev–Trinajstić information content (AvgIpc) is 2.47. The van der Waals surface area contributed by atoms with Crippen molar-refractivity contribution in [3.8, 4) is 6.07 Å². The molecule has 2 aromatic rings. The lowest BCUT2D eigenvalue weighted by Crippen LogP contribution is -1.92. The molecule has 1 N–H and O–H groups in total. The summed E-state index contributed by atoms with van der Waals surface area (Å²) < 4.78 is 0. The molecular formula is C14H10N2O3S. The van der Waals surface area contributed by atoms with Gasteiger partial charge in [-0.05, 0) is 29.8 Å². The molecule has 0 amide bonds. The highest BCUT2D eigenvalue weighted by atomic mass is 32.2. The smallest absolute Gasteiger partial charge is 0.287 e. The van der Waals surface area contributed by atoms with Crippen molar-refractivity contribution in [1.82, 2.24) is 0 Å². The van der Waals surface area contributed by atoms with Gasteiger partial charge in [-0.25, -0.2) is 0 Å². The van der Waals surface area contributed by atoms with Crippen LogP contribution in [0, 0.1) is 21.4 Å². The van der Waals surface area contributed by atoms with Gasteiger partial charge in [0.05, 0.1) is 11.5 Å². The van der Waals surface area contributed by atoms with Crippen LogP contribution >= 0.6 is 11.8 Å². The normalized spacial score (nSPS) is 10.0. The van der Waals surface area contributed by atoms with E-state index in [1.165, 1.54) is 23.9 Å². The molecule has 0 fully saturated rings. The lowest BCUT2D eigenvalue weighted by molar-refractivity contribution is -0.385. The maximum Gasteiger partial charge on any atom is 0.287 e. The van der Waals surface area contributed by atoms with E-state index in [9.17, 15) is 10.1 Å². The Morgan fingerprint density at radius 3 is 2.40 bits per heavy atom. The summed E-state index contributed by atoms with van der Waals surface area (Å²) in [5.74, 6) is 0. The summed E-state index contributed by atoms with van der Waals surface area (Å²) in [7, 11) is 0.